The third-order valence-electron chi connectivity index (χ3n) is 3.96. The molecule has 0 atom stereocenters. The third kappa shape index (κ3) is 2.95. The molecule has 2 nitrogen and oxygen atoms in total. The molecule has 1 N–H and O–H groups in total. The lowest BCUT2D eigenvalue weighted by Crippen LogP contribution is -1.97. The maximum absolute atomic E-state index is 6.20. The number of hydrogen-bond acceptors (Lipinski definition) is 0. The molecular formula is C22H17NO+2. The molecule has 2 heterocycles. The summed E-state index contributed by atoms with van der Waals surface area (Å²) in [6.45, 7) is 0. The third-order valence-corrected chi connectivity index (χ3v) is 3.96. The van der Waals surface area contributed by atoms with Gasteiger partial charge in [-0.15, -0.1) is 0 Å². The molecule has 0 spiro atoms. The highest BCUT2D eigenvalue weighted by molar-refractivity contribution is 5.74. The Morgan fingerprint density at radius 1 is 0.500 bits per heavy atom. The van der Waals surface area contributed by atoms with E-state index in [1.165, 1.54) is 0 Å². The Morgan fingerprint density at radius 3 is 1.50 bits per heavy atom. The average Bonchev–Trinajstić information content (AvgIpc) is 2.70. The van der Waals surface area contributed by atoms with E-state index >= 15 is 0 Å². The zero-order chi connectivity index (χ0) is 16.2. The molecule has 2 aromatic heterocycles. The number of aromatic nitrogens is 1. The van der Waals surface area contributed by atoms with Crippen LogP contribution in [0.1, 0.15) is 0 Å². The maximum Gasteiger partial charge on any atom is 0.361 e. The standard InChI is InChI=1S/C22H16NO/c1-3-7-18(8-4-1)21-15-20(17-11-13-23-14-12-17)16-22(24-21)19-9-5-2-6-10-19/h1-16H/q+1/p+1. The smallest absolute Gasteiger partial charge is 0.218 e. The second-order valence-electron chi connectivity index (χ2n) is 5.60. The van der Waals surface area contributed by atoms with Crippen molar-refractivity contribution in [2.24, 2.45) is 0 Å². The van der Waals surface area contributed by atoms with E-state index in [9.17, 15) is 0 Å². The first-order chi connectivity index (χ1) is 11.9. The monoisotopic (exact) mass is 311 g/mol. The SMILES string of the molecule is c1ccc(-c2cc(-c3cc[nH+]cc3)cc(-c3ccccc3)[o+]2)cc1. The molecular weight excluding hydrogens is 294 g/mol. The van der Waals surface area contributed by atoms with Crippen LogP contribution in [0.15, 0.2) is 102 Å². The van der Waals surface area contributed by atoms with E-state index in [2.05, 4.69) is 53.5 Å². The van der Waals surface area contributed by atoms with Crippen molar-refractivity contribution in [1.29, 1.82) is 0 Å². The van der Waals surface area contributed by atoms with Crippen molar-refractivity contribution in [2.45, 2.75) is 0 Å². The molecule has 0 saturated carbocycles. The van der Waals surface area contributed by atoms with Crippen molar-refractivity contribution in [3.8, 4) is 33.8 Å². The van der Waals surface area contributed by atoms with Crippen LogP contribution in [0.2, 0.25) is 0 Å². The summed E-state index contributed by atoms with van der Waals surface area (Å²) in [4.78, 5) is 3.07. The Kier molecular flexibility index (Phi) is 3.86. The van der Waals surface area contributed by atoms with Crippen molar-refractivity contribution in [3.05, 3.63) is 97.3 Å². The van der Waals surface area contributed by atoms with Gasteiger partial charge in [0.2, 0.25) is 0 Å². The summed E-state index contributed by atoms with van der Waals surface area (Å²) in [7, 11) is 0. The summed E-state index contributed by atoms with van der Waals surface area (Å²) in [6, 6.07) is 28.7. The van der Waals surface area contributed by atoms with Gasteiger partial charge in [-0.25, -0.2) is 9.40 Å². The second kappa shape index (κ2) is 6.47. The number of rotatable bonds is 3. The van der Waals surface area contributed by atoms with Crippen LogP contribution in [0.5, 0.6) is 0 Å². The first-order valence-electron chi connectivity index (χ1n) is 7.96. The van der Waals surface area contributed by atoms with Crippen LogP contribution in [0.3, 0.4) is 0 Å². The van der Waals surface area contributed by atoms with Gasteiger partial charge in [0.05, 0.1) is 23.3 Å². The van der Waals surface area contributed by atoms with Gasteiger partial charge in [-0.2, -0.15) is 0 Å². The summed E-state index contributed by atoms with van der Waals surface area (Å²) in [5.41, 5.74) is 4.42. The molecule has 4 rings (SSSR count). The fraction of sp³-hybridized carbons (Fsp3) is 0. The zero-order valence-electron chi connectivity index (χ0n) is 13.1. The average molecular weight is 311 g/mol. The van der Waals surface area contributed by atoms with Gasteiger partial charge in [-0.1, -0.05) is 36.4 Å². The van der Waals surface area contributed by atoms with E-state index in [4.69, 9.17) is 4.42 Å². The molecule has 0 bridgehead atoms. The van der Waals surface area contributed by atoms with E-state index in [-0.39, 0.29) is 0 Å². The minimum Gasteiger partial charge on any atom is -0.218 e. The van der Waals surface area contributed by atoms with Crippen LogP contribution >= 0.6 is 0 Å². The lowest BCUT2D eigenvalue weighted by atomic mass is 10.0. The number of H-pyrrole nitrogens is 1. The summed E-state index contributed by atoms with van der Waals surface area (Å²) in [6.07, 6.45) is 3.87. The largest absolute Gasteiger partial charge is 0.361 e. The van der Waals surface area contributed by atoms with E-state index in [0.29, 0.717) is 0 Å². The van der Waals surface area contributed by atoms with Crippen molar-refractivity contribution < 1.29 is 9.40 Å². The van der Waals surface area contributed by atoms with Gasteiger partial charge in [0.1, 0.15) is 0 Å². The van der Waals surface area contributed by atoms with Gasteiger partial charge in [0.25, 0.3) is 0 Å². The highest BCUT2D eigenvalue weighted by Gasteiger charge is 2.20. The highest BCUT2D eigenvalue weighted by atomic mass is 16.3. The normalized spacial score (nSPS) is 10.5. The minimum absolute atomic E-state index is 0.861. The van der Waals surface area contributed by atoms with E-state index in [1.54, 1.807) is 0 Å². The summed E-state index contributed by atoms with van der Waals surface area (Å²) in [5.74, 6) is 1.72. The predicted octanol–water partition coefficient (Wildman–Crippen LogP) is 5.38. The Morgan fingerprint density at radius 2 is 1.00 bits per heavy atom. The molecule has 2 aromatic carbocycles. The number of nitrogens with one attached hydrogen (secondary N) is 1. The van der Waals surface area contributed by atoms with Crippen molar-refractivity contribution in [2.75, 3.05) is 0 Å². The molecule has 0 aliphatic heterocycles. The Hall–Kier alpha value is -3.26. The van der Waals surface area contributed by atoms with Gasteiger partial charge in [0, 0.05) is 17.7 Å². The van der Waals surface area contributed by atoms with Crippen LogP contribution in [0, 0.1) is 0 Å². The van der Waals surface area contributed by atoms with Crippen molar-refractivity contribution in [1.82, 2.24) is 0 Å². The number of hydrogen-bond donors (Lipinski definition) is 0. The fourth-order valence-corrected chi connectivity index (χ4v) is 2.74. The van der Waals surface area contributed by atoms with Crippen LogP contribution in [0.4, 0.5) is 0 Å². The first kappa shape index (κ1) is 14.3. The Balaban J connectivity index is 1.92. The highest BCUT2D eigenvalue weighted by Crippen LogP contribution is 2.32. The molecule has 0 aliphatic rings. The summed E-state index contributed by atoms with van der Waals surface area (Å²) in [5, 5.41) is 0. The molecule has 0 amide bonds. The predicted molar refractivity (Wildman–Crippen MR) is 96.0 cm³/mol. The molecule has 2 heteroatoms. The first-order valence-corrected chi connectivity index (χ1v) is 7.96. The maximum atomic E-state index is 6.20. The molecule has 0 fully saturated rings. The van der Waals surface area contributed by atoms with Gasteiger partial charge in [0.15, 0.2) is 12.4 Å². The molecule has 4 aromatic rings. The van der Waals surface area contributed by atoms with Crippen molar-refractivity contribution >= 4 is 0 Å². The lowest BCUT2D eigenvalue weighted by molar-refractivity contribution is -0.377. The van der Waals surface area contributed by atoms with E-state index < -0.39 is 0 Å². The Bertz CT molecular complexity index is 796. The Labute approximate surface area is 141 Å². The van der Waals surface area contributed by atoms with Crippen LogP contribution in [-0.4, -0.2) is 0 Å². The van der Waals surface area contributed by atoms with Gasteiger partial charge in [-0.3, -0.25) is 0 Å². The quantitative estimate of drug-likeness (QED) is 0.467. The van der Waals surface area contributed by atoms with E-state index in [0.717, 1.165) is 33.8 Å². The molecule has 0 radical (unpaired) electrons. The van der Waals surface area contributed by atoms with Gasteiger partial charge >= 0.3 is 11.5 Å². The molecule has 0 unspecified atom stereocenters. The van der Waals surface area contributed by atoms with Crippen LogP contribution in [0.25, 0.3) is 33.8 Å². The molecule has 24 heavy (non-hydrogen) atoms. The van der Waals surface area contributed by atoms with Gasteiger partial charge < -0.3 is 0 Å². The topological polar surface area (TPSA) is 25.4 Å². The number of aromatic amines is 1. The van der Waals surface area contributed by atoms with Gasteiger partial charge in [-0.05, 0) is 29.8 Å². The number of pyridine rings is 1. The summed E-state index contributed by atoms with van der Waals surface area (Å²) < 4.78 is 6.20. The zero-order valence-corrected chi connectivity index (χ0v) is 13.1. The minimum atomic E-state index is 0.861. The summed E-state index contributed by atoms with van der Waals surface area (Å²) >= 11 is 0. The molecule has 114 valence electrons. The second-order valence-corrected chi connectivity index (χ2v) is 5.60. The van der Waals surface area contributed by atoms with Crippen LogP contribution in [-0.2, 0) is 0 Å². The van der Waals surface area contributed by atoms with Crippen molar-refractivity contribution in [3.63, 3.8) is 0 Å². The molecule has 0 aliphatic carbocycles. The number of benzene rings is 2. The lowest BCUT2D eigenvalue weighted by Gasteiger charge is -2.00. The van der Waals surface area contributed by atoms with Crippen LogP contribution < -0.4 is 4.98 Å². The fourth-order valence-electron chi connectivity index (χ4n) is 2.74. The van der Waals surface area contributed by atoms with E-state index in [1.807, 2.05) is 48.8 Å². The molecule has 0 saturated heterocycles.